The molecule has 2 nitrogen and oxygen atoms in total. The molecule has 0 aliphatic carbocycles. The Morgan fingerprint density at radius 2 is 1.62 bits per heavy atom. The molecule has 0 saturated carbocycles. The molecule has 2 rings (SSSR count). The summed E-state index contributed by atoms with van der Waals surface area (Å²) in [7, 11) is 0. The van der Waals surface area contributed by atoms with Gasteiger partial charge in [-0.25, -0.2) is 0 Å². The molecule has 2 aromatic carbocycles. The zero-order valence-corrected chi connectivity index (χ0v) is 12.2. The van der Waals surface area contributed by atoms with Crippen molar-refractivity contribution in [1.29, 1.82) is 0 Å². The topological polar surface area (TPSA) is 20.3 Å². The molecular weight excluding hydrogens is 258 g/mol. The first-order valence-corrected chi connectivity index (χ1v) is 6.92. The largest absolute Gasteiger partial charge is 0.308 e. The summed E-state index contributed by atoms with van der Waals surface area (Å²) < 4.78 is 0. The predicted octanol–water partition coefficient (Wildman–Crippen LogP) is 4.26. The fourth-order valence-electron chi connectivity index (χ4n) is 2.19. The number of nitrogens with zero attached hydrogens (tertiary/aromatic N) is 1. The molecule has 0 heterocycles. The summed E-state index contributed by atoms with van der Waals surface area (Å²) in [5.41, 5.74) is 2.96. The lowest BCUT2D eigenvalue weighted by molar-refractivity contribution is -0.126. The summed E-state index contributed by atoms with van der Waals surface area (Å²) in [4.78, 5) is 13.9. The lowest BCUT2D eigenvalue weighted by Gasteiger charge is -2.24. The smallest absolute Gasteiger partial charge is 0.224 e. The fraction of sp³-hybridized carbons (Fsp3) is 0.105. The molecule has 0 spiro atoms. The maximum atomic E-state index is 12.1. The minimum absolute atomic E-state index is 0.0100. The van der Waals surface area contributed by atoms with E-state index >= 15 is 0 Å². The number of hydrogen-bond donors (Lipinski definition) is 0. The van der Waals surface area contributed by atoms with E-state index < -0.39 is 0 Å². The third-order valence-corrected chi connectivity index (χ3v) is 3.20. The zero-order chi connectivity index (χ0) is 15.1. The van der Waals surface area contributed by atoms with Crippen LogP contribution in [0.5, 0.6) is 0 Å². The fourth-order valence-corrected chi connectivity index (χ4v) is 2.19. The van der Waals surface area contributed by atoms with E-state index in [9.17, 15) is 4.79 Å². The molecule has 0 N–H and O–H groups in total. The SMILES string of the molecule is C=C/C=C(/c1ccccc1)N(Cc1ccccc1)C(C)=O. The molecule has 0 radical (unpaired) electrons. The number of carbonyl (C=O) groups is 1. The second kappa shape index (κ2) is 7.25. The molecule has 21 heavy (non-hydrogen) atoms. The molecule has 0 bridgehead atoms. The summed E-state index contributed by atoms with van der Waals surface area (Å²) in [5.74, 6) is 0.0100. The zero-order valence-electron chi connectivity index (χ0n) is 12.2. The molecule has 0 saturated heterocycles. The summed E-state index contributed by atoms with van der Waals surface area (Å²) in [6.07, 6.45) is 3.59. The molecule has 0 aromatic heterocycles. The highest BCUT2D eigenvalue weighted by molar-refractivity contribution is 5.85. The van der Waals surface area contributed by atoms with Crippen LogP contribution in [-0.2, 0) is 11.3 Å². The van der Waals surface area contributed by atoms with Gasteiger partial charge in [0.15, 0.2) is 0 Å². The van der Waals surface area contributed by atoms with Gasteiger partial charge in [-0.1, -0.05) is 73.3 Å². The van der Waals surface area contributed by atoms with E-state index in [0.717, 1.165) is 16.8 Å². The van der Waals surface area contributed by atoms with Gasteiger partial charge in [0.05, 0.1) is 12.2 Å². The number of benzene rings is 2. The lowest BCUT2D eigenvalue weighted by Crippen LogP contribution is -2.26. The minimum atomic E-state index is 0.0100. The first-order chi connectivity index (χ1) is 10.2. The Bertz CT molecular complexity index is 629. The number of rotatable bonds is 5. The van der Waals surface area contributed by atoms with Gasteiger partial charge in [0.25, 0.3) is 0 Å². The van der Waals surface area contributed by atoms with Crippen LogP contribution in [0.15, 0.2) is 79.4 Å². The number of carbonyl (C=O) groups excluding carboxylic acids is 1. The van der Waals surface area contributed by atoms with Gasteiger partial charge >= 0.3 is 0 Å². The van der Waals surface area contributed by atoms with Crippen LogP contribution in [0.25, 0.3) is 5.70 Å². The Hall–Kier alpha value is -2.61. The van der Waals surface area contributed by atoms with Crippen LogP contribution in [0.2, 0.25) is 0 Å². The first kappa shape index (κ1) is 14.8. The van der Waals surface area contributed by atoms with E-state index in [2.05, 4.69) is 6.58 Å². The molecular formula is C19H19NO. The third-order valence-electron chi connectivity index (χ3n) is 3.20. The Balaban J connectivity index is 2.37. The van der Waals surface area contributed by atoms with Crippen molar-refractivity contribution in [3.8, 4) is 0 Å². The first-order valence-electron chi connectivity index (χ1n) is 6.92. The van der Waals surface area contributed by atoms with Gasteiger partial charge in [0, 0.05) is 6.92 Å². The van der Waals surface area contributed by atoms with Gasteiger partial charge in [-0.05, 0) is 17.2 Å². The Kier molecular flexibility index (Phi) is 5.10. The average Bonchev–Trinajstić information content (AvgIpc) is 2.52. The monoisotopic (exact) mass is 277 g/mol. The van der Waals surface area contributed by atoms with Crippen LogP contribution >= 0.6 is 0 Å². The van der Waals surface area contributed by atoms with Gasteiger partial charge < -0.3 is 4.90 Å². The van der Waals surface area contributed by atoms with Crippen molar-refractivity contribution in [2.24, 2.45) is 0 Å². The van der Waals surface area contributed by atoms with Crippen molar-refractivity contribution in [1.82, 2.24) is 4.90 Å². The van der Waals surface area contributed by atoms with E-state index in [4.69, 9.17) is 0 Å². The van der Waals surface area contributed by atoms with Crippen LogP contribution in [-0.4, -0.2) is 10.8 Å². The van der Waals surface area contributed by atoms with Crippen molar-refractivity contribution < 1.29 is 4.79 Å². The molecule has 1 amide bonds. The third kappa shape index (κ3) is 3.93. The Labute approximate surface area is 126 Å². The standard InChI is InChI=1S/C19H19NO/c1-3-10-19(18-13-8-5-9-14-18)20(16(2)21)15-17-11-6-4-7-12-17/h3-14H,1,15H2,2H3/b19-10-. The minimum Gasteiger partial charge on any atom is -0.308 e. The van der Waals surface area contributed by atoms with E-state index in [1.807, 2.05) is 66.7 Å². The molecule has 0 fully saturated rings. The summed E-state index contributed by atoms with van der Waals surface area (Å²) >= 11 is 0. The van der Waals surface area contributed by atoms with Crippen LogP contribution in [0, 0.1) is 0 Å². The predicted molar refractivity (Wildman–Crippen MR) is 87.3 cm³/mol. The van der Waals surface area contributed by atoms with Gasteiger partial charge in [0.2, 0.25) is 5.91 Å². The van der Waals surface area contributed by atoms with Crippen molar-refractivity contribution in [3.63, 3.8) is 0 Å². The molecule has 0 aliphatic heterocycles. The molecule has 0 aliphatic rings. The lowest BCUT2D eigenvalue weighted by atomic mass is 10.1. The van der Waals surface area contributed by atoms with Crippen molar-refractivity contribution in [2.75, 3.05) is 0 Å². The van der Waals surface area contributed by atoms with Gasteiger partial charge in [-0.2, -0.15) is 0 Å². The second-order valence-corrected chi connectivity index (χ2v) is 4.74. The highest BCUT2D eigenvalue weighted by atomic mass is 16.2. The normalized spacial score (nSPS) is 11.0. The average molecular weight is 277 g/mol. The summed E-state index contributed by atoms with van der Waals surface area (Å²) in [5, 5.41) is 0. The molecule has 0 unspecified atom stereocenters. The number of allylic oxidation sites excluding steroid dienone is 2. The Morgan fingerprint density at radius 3 is 2.14 bits per heavy atom. The van der Waals surface area contributed by atoms with E-state index in [0.29, 0.717) is 6.54 Å². The maximum absolute atomic E-state index is 12.1. The van der Waals surface area contributed by atoms with E-state index in [1.54, 1.807) is 17.9 Å². The number of hydrogen-bond acceptors (Lipinski definition) is 1. The molecule has 106 valence electrons. The van der Waals surface area contributed by atoms with E-state index in [1.165, 1.54) is 0 Å². The highest BCUT2D eigenvalue weighted by Gasteiger charge is 2.15. The van der Waals surface area contributed by atoms with Crippen LogP contribution in [0.4, 0.5) is 0 Å². The Morgan fingerprint density at radius 1 is 1.05 bits per heavy atom. The van der Waals surface area contributed by atoms with Crippen molar-refractivity contribution >= 4 is 11.6 Å². The van der Waals surface area contributed by atoms with Gasteiger partial charge in [0.1, 0.15) is 0 Å². The maximum Gasteiger partial charge on any atom is 0.224 e. The highest BCUT2D eigenvalue weighted by Crippen LogP contribution is 2.22. The van der Waals surface area contributed by atoms with Gasteiger partial charge in [-0.15, -0.1) is 0 Å². The number of amides is 1. The van der Waals surface area contributed by atoms with Crippen molar-refractivity contribution in [2.45, 2.75) is 13.5 Å². The van der Waals surface area contributed by atoms with Gasteiger partial charge in [-0.3, -0.25) is 4.79 Å². The molecule has 0 atom stereocenters. The van der Waals surface area contributed by atoms with Crippen molar-refractivity contribution in [3.05, 3.63) is 90.5 Å². The van der Waals surface area contributed by atoms with Crippen LogP contribution in [0.1, 0.15) is 18.1 Å². The molecule has 2 aromatic rings. The summed E-state index contributed by atoms with van der Waals surface area (Å²) in [6, 6.07) is 19.9. The van der Waals surface area contributed by atoms with Crippen LogP contribution in [0.3, 0.4) is 0 Å². The quantitative estimate of drug-likeness (QED) is 0.748. The summed E-state index contributed by atoms with van der Waals surface area (Å²) in [6.45, 7) is 5.89. The molecule has 2 heteroatoms. The van der Waals surface area contributed by atoms with Crippen LogP contribution < -0.4 is 0 Å². The van der Waals surface area contributed by atoms with E-state index in [-0.39, 0.29) is 5.91 Å². The second-order valence-electron chi connectivity index (χ2n) is 4.74.